The first-order valence-corrected chi connectivity index (χ1v) is 14.0. The van der Waals surface area contributed by atoms with Crippen LogP contribution in [0.25, 0.3) is 21.8 Å². The molecule has 1 aliphatic carbocycles. The molecule has 0 bridgehead atoms. The molecule has 200 valence electrons. The Morgan fingerprint density at radius 1 is 0.897 bits per heavy atom. The maximum Gasteiger partial charge on any atom is 0.307 e. The van der Waals surface area contributed by atoms with E-state index >= 15 is 0 Å². The predicted octanol–water partition coefficient (Wildman–Crippen LogP) is 6.54. The van der Waals surface area contributed by atoms with Crippen LogP contribution in [0.5, 0.6) is 0 Å². The Bertz CT molecular complexity index is 1570. The van der Waals surface area contributed by atoms with Crippen molar-refractivity contribution in [1.29, 1.82) is 0 Å². The van der Waals surface area contributed by atoms with Crippen molar-refractivity contribution in [1.82, 2.24) is 4.57 Å². The molecule has 1 heterocycles. The summed E-state index contributed by atoms with van der Waals surface area (Å²) in [4.78, 5) is 38.1. The lowest BCUT2D eigenvalue weighted by Gasteiger charge is -2.24. The van der Waals surface area contributed by atoms with E-state index in [0.717, 1.165) is 28.0 Å². The van der Waals surface area contributed by atoms with Crippen LogP contribution in [-0.4, -0.2) is 32.7 Å². The Morgan fingerprint density at radius 3 is 2.28 bits per heavy atom. The number of hydrogen-bond donors (Lipinski definition) is 3. The molecule has 8 heteroatoms. The zero-order chi connectivity index (χ0) is 27.5. The number of carboxylic acids is 1. The summed E-state index contributed by atoms with van der Waals surface area (Å²) >= 11 is 1.43. The molecule has 39 heavy (non-hydrogen) atoms. The van der Waals surface area contributed by atoms with Crippen LogP contribution < -0.4 is 10.6 Å². The van der Waals surface area contributed by atoms with E-state index < -0.39 is 17.8 Å². The predicted molar refractivity (Wildman–Crippen MR) is 157 cm³/mol. The Hall–Kier alpha value is -4.04. The van der Waals surface area contributed by atoms with Gasteiger partial charge in [0.15, 0.2) is 0 Å². The van der Waals surface area contributed by atoms with Gasteiger partial charge in [-0.15, -0.1) is 11.8 Å². The third kappa shape index (κ3) is 5.56. The number of amides is 2. The lowest BCUT2D eigenvalue weighted by atomic mass is 9.82. The van der Waals surface area contributed by atoms with Crippen molar-refractivity contribution in [2.24, 2.45) is 11.8 Å². The Labute approximate surface area is 231 Å². The van der Waals surface area contributed by atoms with Gasteiger partial charge in [-0.3, -0.25) is 14.4 Å². The monoisotopic (exact) mass is 541 g/mol. The van der Waals surface area contributed by atoms with Crippen LogP contribution in [0.15, 0.2) is 83.8 Å². The lowest BCUT2D eigenvalue weighted by Crippen LogP contribution is -2.34. The SMILES string of the molecule is CCn1c2ccccc2c2cc(NC(=O)C(C)Sc3ccc(NC(=O)C4CC=CCC4C(=O)O)cc3)ccc21. The van der Waals surface area contributed by atoms with Gasteiger partial charge >= 0.3 is 5.97 Å². The molecule has 4 aromatic rings. The average Bonchev–Trinajstić information content (AvgIpc) is 3.27. The highest BCUT2D eigenvalue weighted by molar-refractivity contribution is 8.00. The molecular weight excluding hydrogens is 510 g/mol. The van der Waals surface area contributed by atoms with Crippen molar-refractivity contribution < 1.29 is 19.5 Å². The number of rotatable bonds is 8. The number of benzene rings is 3. The summed E-state index contributed by atoms with van der Waals surface area (Å²) < 4.78 is 2.28. The second-order valence-electron chi connectivity index (χ2n) is 9.75. The molecule has 5 rings (SSSR count). The standard InChI is InChI=1S/C31H31N3O4S/c1-3-34-27-11-7-6-8-23(27)26-18-21(14-17-28(26)34)33-29(35)19(2)39-22-15-12-20(13-16-22)32-30(36)24-9-4-5-10-25(24)31(37)38/h4-8,11-19,24-25H,3,9-10H2,1-2H3,(H,32,36)(H,33,35)(H,37,38). The van der Waals surface area contributed by atoms with Gasteiger partial charge in [-0.2, -0.15) is 0 Å². The minimum absolute atomic E-state index is 0.0963. The summed E-state index contributed by atoms with van der Waals surface area (Å²) in [5.74, 6) is -2.65. The number of anilines is 2. The molecule has 3 N–H and O–H groups in total. The van der Waals surface area contributed by atoms with Crippen LogP contribution in [0.3, 0.4) is 0 Å². The lowest BCUT2D eigenvalue weighted by molar-refractivity contribution is -0.146. The zero-order valence-corrected chi connectivity index (χ0v) is 22.7. The van der Waals surface area contributed by atoms with Gasteiger partial charge in [-0.1, -0.05) is 30.4 Å². The molecule has 0 saturated carbocycles. The van der Waals surface area contributed by atoms with Crippen molar-refractivity contribution in [3.05, 3.63) is 78.9 Å². The normalized spacial score (nSPS) is 17.7. The molecule has 0 saturated heterocycles. The van der Waals surface area contributed by atoms with Gasteiger partial charge in [-0.05, 0) is 75.2 Å². The topological polar surface area (TPSA) is 100 Å². The minimum atomic E-state index is -0.953. The number of aromatic nitrogens is 1. The third-order valence-corrected chi connectivity index (χ3v) is 8.36. The fourth-order valence-corrected chi connectivity index (χ4v) is 6.07. The number of carboxylic acid groups (broad SMARTS) is 1. The molecule has 1 aliphatic rings. The summed E-state index contributed by atoms with van der Waals surface area (Å²) in [7, 11) is 0. The van der Waals surface area contributed by atoms with Crippen LogP contribution in [0.4, 0.5) is 11.4 Å². The highest BCUT2D eigenvalue weighted by Gasteiger charge is 2.34. The van der Waals surface area contributed by atoms with Crippen LogP contribution in [0, 0.1) is 11.8 Å². The number of carbonyl (C=O) groups excluding carboxylic acids is 2. The summed E-state index contributed by atoms with van der Waals surface area (Å²) in [6.45, 7) is 4.86. The molecule has 0 spiro atoms. The number of allylic oxidation sites excluding steroid dienone is 2. The highest BCUT2D eigenvalue weighted by atomic mass is 32.2. The number of aliphatic carboxylic acids is 1. The number of carbonyl (C=O) groups is 3. The molecule has 3 unspecified atom stereocenters. The van der Waals surface area contributed by atoms with Crippen molar-refractivity contribution in [3.8, 4) is 0 Å². The average molecular weight is 542 g/mol. The molecule has 1 aromatic heterocycles. The fourth-order valence-electron chi connectivity index (χ4n) is 5.20. The van der Waals surface area contributed by atoms with E-state index in [4.69, 9.17) is 0 Å². The molecule has 0 radical (unpaired) electrons. The fraction of sp³-hybridized carbons (Fsp3) is 0.258. The first-order valence-electron chi connectivity index (χ1n) is 13.1. The maximum atomic E-state index is 13.0. The van der Waals surface area contributed by atoms with Gasteiger partial charge in [0.25, 0.3) is 0 Å². The van der Waals surface area contributed by atoms with Crippen LogP contribution in [-0.2, 0) is 20.9 Å². The summed E-state index contributed by atoms with van der Waals surface area (Å²) in [6, 6.07) is 21.6. The highest BCUT2D eigenvalue weighted by Crippen LogP contribution is 2.32. The van der Waals surface area contributed by atoms with Crippen molar-refractivity contribution in [2.75, 3.05) is 10.6 Å². The van der Waals surface area contributed by atoms with Gasteiger partial charge < -0.3 is 20.3 Å². The van der Waals surface area contributed by atoms with Gasteiger partial charge in [0.1, 0.15) is 0 Å². The van der Waals surface area contributed by atoms with E-state index in [1.165, 1.54) is 22.7 Å². The molecular formula is C31H31N3O4S. The number of para-hydroxylation sites is 1. The molecule has 2 amide bonds. The number of fused-ring (bicyclic) bond motifs is 3. The van der Waals surface area contributed by atoms with Gasteiger partial charge in [0.05, 0.1) is 17.1 Å². The molecule has 7 nitrogen and oxygen atoms in total. The quantitative estimate of drug-likeness (QED) is 0.174. The summed E-state index contributed by atoms with van der Waals surface area (Å²) in [5.41, 5.74) is 3.68. The Kier molecular flexibility index (Phi) is 7.74. The minimum Gasteiger partial charge on any atom is -0.481 e. The van der Waals surface area contributed by atoms with E-state index in [0.29, 0.717) is 18.5 Å². The van der Waals surface area contributed by atoms with Crippen molar-refractivity contribution in [3.63, 3.8) is 0 Å². The summed E-state index contributed by atoms with van der Waals surface area (Å²) in [6.07, 6.45) is 4.45. The molecule has 3 aromatic carbocycles. The first-order chi connectivity index (χ1) is 18.9. The van der Waals surface area contributed by atoms with Gasteiger partial charge in [0.2, 0.25) is 11.8 Å². The Balaban J connectivity index is 1.22. The van der Waals surface area contributed by atoms with Crippen molar-refractivity contribution >= 4 is 62.7 Å². The van der Waals surface area contributed by atoms with Crippen LogP contribution >= 0.6 is 11.8 Å². The number of hydrogen-bond acceptors (Lipinski definition) is 4. The van der Waals surface area contributed by atoms with E-state index in [9.17, 15) is 19.5 Å². The van der Waals surface area contributed by atoms with E-state index in [2.05, 4.69) is 40.3 Å². The number of nitrogens with one attached hydrogen (secondary N) is 2. The van der Waals surface area contributed by atoms with E-state index in [-0.39, 0.29) is 17.1 Å². The number of aryl methyl sites for hydroxylation is 1. The zero-order valence-electron chi connectivity index (χ0n) is 21.9. The molecule has 3 atom stereocenters. The van der Waals surface area contributed by atoms with Crippen LogP contribution in [0.1, 0.15) is 26.7 Å². The Morgan fingerprint density at radius 2 is 1.56 bits per heavy atom. The maximum absolute atomic E-state index is 13.0. The van der Waals surface area contributed by atoms with Crippen molar-refractivity contribution in [2.45, 2.75) is 43.4 Å². The first kappa shape index (κ1) is 26.6. The molecule has 0 fully saturated rings. The number of nitrogens with zero attached hydrogens (tertiary/aromatic N) is 1. The third-order valence-electron chi connectivity index (χ3n) is 7.25. The molecule has 0 aliphatic heterocycles. The van der Waals surface area contributed by atoms with E-state index in [1.807, 2.05) is 55.5 Å². The van der Waals surface area contributed by atoms with Gasteiger partial charge in [0, 0.05) is 44.6 Å². The van der Waals surface area contributed by atoms with Gasteiger partial charge in [-0.25, -0.2) is 0 Å². The van der Waals surface area contributed by atoms with E-state index in [1.54, 1.807) is 12.1 Å². The number of thioether (sulfide) groups is 1. The van der Waals surface area contributed by atoms with Crippen LogP contribution in [0.2, 0.25) is 0 Å². The smallest absolute Gasteiger partial charge is 0.307 e. The largest absolute Gasteiger partial charge is 0.481 e. The summed E-state index contributed by atoms with van der Waals surface area (Å²) in [5, 5.41) is 17.3. The second kappa shape index (κ2) is 11.4. The second-order valence-corrected chi connectivity index (χ2v) is 11.2.